The smallest absolute Gasteiger partial charge is 0.256 e. The summed E-state index contributed by atoms with van der Waals surface area (Å²) in [5.41, 5.74) is 2.08. The maximum atomic E-state index is 14.8. The Labute approximate surface area is 175 Å². The molecule has 0 amide bonds. The Hall–Kier alpha value is -2.61. The fraction of sp³-hybridized carbons (Fsp3) is 0.429. The Bertz CT molecular complexity index is 1000. The van der Waals surface area contributed by atoms with Gasteiger partial charge in [0.25, 0.3) is 5.88 Å². The number of pyridine rings is 1. The summed E-state index contributed by atoms with van der Waals surface area (Å²) >= 11 is 1.59. The van der Waals surface area contributed by atoms with Crippen molar-refractivity contribution in [2.45, 2.75) is 46.1 Å². The quantitative estimate of drug-likeness (QED) is 0.568. The van der Waals surface area contributed by atoms with Gasteiger partial charge in [0.15, 0.2) is 5.82 Å². The van der Waals surface area contributed by atoms with Crippen molar-refractivity contribution in [3.63, 3.8) is 0 Å². The van der Waals surface area contributed by atoms with E-state index < -0.39 is 5.82 Å². The number of thiazole rings is 1. The molecular formula is C21H26FN5OS. The number of hydrogen-bond acceptors (Lipinski definition) is 7. The standard InChI is InChI=1S/C21H24FN5OS.H2/c1-12-18(29-14(3)25-12)11-24-20-19(22)21(27-13(2)26-20)28-9-7-15-10-16(15)17-6-4-5-8-23-17;/h4-6,8,15-16H,7,9-11H2,1-3H3,(H,24,26,27);1H/t15-,16-;/m0./s1. The minimum atomic E-state index is -0.549. The van der Waals surface area contributed by atoms with Crippen molar-refractivity contribution in [1.82, 2.24) is 19.9 Å². The first-order valence-electron chi connectivity index (χ1n) is 9.76. The number of nitrogens with one attached hydrogen (secondary N) is 1. The molecule has 0 unspecified atom stereocenters. The van der Waals surface area contributed by atoms with Gasteiger partial charge in [-0.2, -0.15) is 9.37 Å². The van der Waals surface area contributed by atoms with Gasteiger partial charge in [-0.15, -0.1) is 11.3 Å². The minimum Gasteiger partial charge on any atom is -0.475 e. The van der Waals surface area contributed by atoms with Crippen LogP contribution in [0, 0.1) is 32.5 Å². The largest absolute Gasteiger partial charge is 0.475 e. The maximum Gasteiger partial charge on any atom is 0.256 e. The van der Waals surface area contributed by atoms with Gasteiger partial charge in [-0.25, -0.2) is 9.97 Å². The summed E-state index contributed by atoms with van der Waals surface area (Å²) in [4.78, 5) is 18.2. The summed E-state index contributed by atoms with van der Waals surface area (Å²) in [5, 5.41) is 4.05. The molecule has 1 aliphatic rings. The molecule has 3 aromatic heterocycles. The lowest BCUT2D eigenvalue weighted by Crippen LogP contribution is -2.10. The van der Waals surface area contributed by atoms with Gasteiger partial charge in [-0.3, -0.25) is 4.98 Å². The molecule has 0 aliphatic heterocycles. The number of ether oxygens (including phenoxy) is 1. The third kappa shape index (κ3) is 4.70. The van der Waals surface area contributed by atoms with E-state index >= 15 is 0 Å². The highest BCUT2D eigenvalue weighted by atomic mass is 32.1. The summed E-state index contributed by atoms with van der Waals surface area (Å²) in [6.07, 6.45) is 3.78. The van der Waals surface area contributed by atoms with Gasteiger partial charge in [-0.05, 0) is 51.7 Å². The van der Waals surface area contributed by atoms with Crippen molar-refractivity contribution >= 4 is 17.2 Å². The molecule has 3 aromatic rings. The van der Waals surface area contributed by atoms with Crippen LogP contribution in [0.2, 0.25) is 0 Å². The molecule has 2 atom stereocenters. The molecule has 1 fully saturated rings. The predicted octanol–water partition coefficient (Wildman–Crippen LogP) is 4.82. The highest BCUT2D eigenvalue weighted by Crippen LogP contribution is 2.48. The zero-order chi connectivity index (χ0) is 20.4. The summed E-state index contributed by atoms with van der Waals surface area (Å²) in [6.45, 7) is 6.54. The molecule has 0 aromatic carbocycles. The van der Waals surface area contributed by atoms with Gasteiger partial charge in [-0.1, -0.05) is 6.07 Å². The van der Waals surface area contributed by atoms with Crippen LogP contribution >= 0.6 is 11.3 Å². The van der Waals surface area contributed by atoms with E-state index in [1.165, 1.54) is 0 Å². The highest BCUT2D eigenvalue weighted by Gasteiger charge is 2.38. The van der Waals surface area contributed by atoms with Crippen LogP contribution in [0.3, 0.4) is 0 Å². The van der Waals surface area contributed by atoms with E-state index in [2.05, 4.69) is 31.3 Å². The Morgan fingerprint density at radius 3 is 2.83 bits per heavy atom. The molecule has 0 saturated heterocycles. The summed E-state index contributed by atoms with van der Waals surface area (Å²) in [5.74, 6) is 1.11. The van der Waals surface area contributed by atoms with Gasteiger partial charge in [0, 0.05) is 24.1 Å². The van der Waals surface area contributed by atoms with Crippen LogP contribution in [0.25, 0.3) is 0 Å². The third-order valence-corrected chi connectivity index (χ3v) is 6.14. The van der Waals surface area contributed by atoms with Crippen LogP contribution in [-0.4, -0.2) is 26.5 Å². The number of rotatable bonds is 8. The fourth-order valence-corrected chi connectivity index (χ4v) is 4.36. The number of hydrogen-bond donors (Lipinski definition) is 1. The van der Waals surface area contributed by atoms with Gasteiger partial charge in [0.1, 0.15) is 5.82 Å². The van der Waals surface area contributed by atoms with E-state index in [0.717, 1.165) is 34.1 Å². The first-order valence-corrected chi connectivity index (χ1v) is 10.6. The van der Waals surface area contributed by atoms with E-state index in [4.69, 9.17) is 4.74 Å². The number of anilines is 1. The van der Waals surface area contributed by atoms with E-state index in [1.807, 2.05) is 32.2 Å². The van der Waals surface area contributed by atoms with Crippen molar-refractivity contribution in [2.75, 3.05) is 11.9 Å². The number of aromatic nitrogens is 4. The van der Waals surface area contributed by atoms with Crippen molar-refractivity contribution in [3.05, 3.63) is 57.3 Å². The van der Waals surface area contributed by atoms with E-state index in [-0.39, 0.29) is 13.1 Å². The second-order valence-corrected chi connectivity index (χ2v) is 8.62. The van der Waals surface area contributed by atoms with E-state index in [9.17, 15) is 4.39 Å². The number of aryl methyl sites for hydroxylation is 3. The molecule has 1 saturated carbocycles. The first-order chi connectivity index (χ1) is 14.0. The van der Waals surface area contributed by atoms with Crippen LogP contribution in [-0.2, 0) is 6.54 Å². The highest BCUT2D eigenvalue weighted by molar-refractivity contribution is 7.11. The van der Waals surface area contributed by atoms with Crippen LogP contribution in [0.15, 0.2) is 24.4 Å². The Kier molecular flexibility index (Phi) is 5.71. The Morgan fingerprint density at radius 1 is 1.24 bits per heavy atom. The van der Waals surface area contributed by atoms with Crippen molar-refractivity contribution in [2.24, 2.45) is 5.92 Å². The second kappa shape index (κ2) is 8.41. The molecule has 0 radical (unpaired) electrons. The Morgan fingerprint density at radius 2 is 2.10 bits per heavy atom. The van der Waals surface area contributed by atoms with Crippen LogP contribution in [0.5, 0.6) is 5.88 Å². The van der Waals surface area contributed by atoms with Crippen molar-refractivity contribution < 1.29 is 10.6 Å². The normalized spacial score (nSPS) is 17.9. The average molecular weight is 416 g/mol. The van der Waals surface area contributed by atoms with Gasteiger partial charge in [0.2, 0.25) is 5.82 Å². The van der Waals surface area contributed by atoms with Crippen LogP contribution < -0.4 is 10.1 Å². The molecule has 6 nitrogen and oxygen atoms in total. The molecule has 1 aliphatic carbocycles. The summed E-state index contributed by atoms with van der Waals surface area (Å²) < 4.78 is 20.5. The third-order valence-electron chi connectivity index (χ3n) is 5.07. The monoisotopic (exact) mass is 415 g/mol. The molecule has 8 heteroatoms. The summed E-state index contributed by atoms with van der Waals surface area (Å²) in [7, 11) is 0. The average Bonchev–Trinajstić information content (AvgIpc) is 3.40. The molecule has 154 valence electrons. The molecule has 0 spiro atoms. The molecule has 0 bridgehead atoms. The van der Waals surface area contributed by atoms with Gasteiger partial charge >= 0.3 is 0 Å². The number of halogens is 1. The maximum absolute atomic E-state index is 14.8. The molecule has 1 N–H and O–H groups in total. The minimum absolute atomic E-state index is 0. The van der Waals surface area contributed by atoms with Gasteiger partial charge in [0.05, 0.1) is 23.9 Å². The molecular weight excluding hydrogens is 389 g/mol. The van der Waals surface area contributed by atoms with E-state index in [0.29, 0.717) is 30.8 Å². The van der Waals surface area contributed by atoms with E-state index in [1.54, 1.807) is 18.3 Å². The van der Waals surface area contributed by atoms with Crippen molar-refractivity contribution in [1.29, 1.82) is 0 Å². The Balaban J connectivity index is 0.00000256. The molecule has 3 heterocycles. The van der Waals surface area contributed by atoms with Crippen LogP contribution in [0.1, 0.15) is 47.3 Å². The number of nitrogens with zero attached hydrogens (tertiary/aromatic N) is 4. The lowest BCUT2D eigenvalue weighted by Gasteiger charge is -2.11. The first kappa shape index (κ1) is 19.7. The lowest BCUT2D eigenvalue weighted by molar-refractivity contribution is 0.274. The zero-order valence-corrected chi connectivity index (χ0v) is 17.6. The predicted molar refractivity (Wildman–Crippen MR) is 113 cm³/mol. The second-order valence-electron chi connectivity index (χ2n) is 7.33. The summed E-state index contributed by atoms with van der Waals surface area (Å²) in [6, 6.07) is 5.99. The SMILES string of the molecule is Cc1nc(NCc2sc(C)nc2C)c(F)c(OCC[C@H]2C[C@@H]2c2ccccn2)n1.[HH]. The van der Waals surface area contributed by atoms with Crippen molar-refractivity contribution in [3.8, 4) is 5.88 Å². The zero-order valence-electron chi connectivity index (χ0n) is 16.8. The fourth-order valence-electron chi connectivity index (χ4n) is 3.48. The molecule has 29 heavy (non-hydrogen) atoms. The van der Waals surface area contributed by atoms with Gasteiger partial charge < -0.3 is 10.1 Å². The van der Waals surface area contributed by atoms with Crippen LogP contribution in [0.4, 0.5) is 10.2 Å². The lowest BCUT2D eigenvalue weighted by atomic mass is 10.2. The topological polar surface area (TPSA) is 72.8 Å². The molecule has 4 rings (SSSR count).